The largest absolute Gasteiger partial charge is 0.496 e. The number of esters is 1. The molecule has 3 aromatic rings. The highest BCUT2D eigenvalue weighted by atomic mass is 16.5. The van der Waals surface area contributed by atoms with Gasteiger partial charge in [0.2, 0.25) is 0 Å². The minimum absolute atomic E-state index is 0.282. The monoisotopic (exact) mass is 407 g/mol. The molecule has 3 aromatic carbocycles. The predicted octanol–water partition coefficient (Wildman–Crippen LogP) is 4.06. The Bertz CT molecular complexity index is 1030. The Labute approximate surface area is 176 Å². The van der Waals surface area contributed by atoms with Crippen LogP contribution < -0.4 is 9.47 Å². The van der Waals surface area contributed by atoms with Crippen LogP contribution in [0.1, 0.15) is 22.8 Å². The molecule has 6 nitrogen and oxygen atoms in total. The SMILES string of the molecule is CCOc1ccc(CN(C)C(=O)COC(=O)c2ccc(OC)c3ccccc23)cc1. The molecular formula is C24H25NO5. The minimum atomic E-state index is -0.545. The van der Waals surface area contributed by atoms with Crippen LogP contribution in [-0.2, 0) is 16.1 Å². The quantitative estimate of drug-likeness (QED) is 0.527. The Hall–Kier alpha value is -3.54. The average Bonchev–Trinajstić information content (AvgIpc) is 2.77. The van der Waals surface area contributed by atoms with Crippen molar-refractivity contribution < 1.29 is 23.8 Å². The molecule has 0 aliphatic heterocycles. The summed E-state index contributed by atoms with van der Waals surface area (Å²) in [6.45, 7) is 2.62. The van der Waals surface area contributed by atoms with E-state index in [1.165, 1.54) is 4.90 Å². The van der Waals surface area contributed by atoms with Crippen LogP contribution in [0.3, 0.4) is 0 Å². The Morgan fingerprint density at radius 3 is 2.30 bits per heavy atom. The summed E-state index contributed by atoms with van der Waals surface area (Å²) in [6.07, 6.45) is 0. The van der Waals surface area contributed by atoms with Gasteiger partial charge in [0, 0.05) is 19.0 Å². The van der Waals surface area contributed by atoms with Crippen LogP contribution in [0.4, 0.5) is 0 Å². The van der Waals surface area contributed by atoms with Gasteiger partial charge in [0.1, 0.15) is 11.5 Å². The summed E-state index contributed by atoms with van der Waals surface area (Å²) >= 11 is 0. The molecule has 0 radical (unpaired) electrons. The molecule has 3 rings (SSSR count). The second-order valence-corrected chi connectivity index (χ2v) is 6.76. The summed E-state index contributed by atoms with van der Waals surface area (Å²) in [6, 6.07) is 18.3. The normalized spacial score (nSPS) is 10.5. The summed E-state index contributed by atoms with van der Waals surface area (Å²) in [4.78, 5) is 26.5. The van der Waals surface area contributed by atoms with Crippen LogP contribution in [0, 0.1) is 0 Å². The molecule has 0 saturated carbocycles. The molecule has 0 fully saturated rings. The molecule has 0 N–H and O–H groups in total. The third kappa shape index (κ3) is 4.89. The van der Waals surface area contributed by atoms with Gasteiger partial charge in [0.25, 0.3) is 5.91 Å². The van der Waals surface area contributed by atoms with Gasteiger partial charge in [0.15, 0.2) is 6.61 Å². The number of likely N-dealkylation sites (N-methyl/N-ethyl adjacent to an activating group) is 1. The number of carbonyl (C=O) groups excluding carboxylic acids is 2. The van der Waals surface area contributed by atoms with Crippen LogP contribution in [-0.4, -0.2) is 44.1 Å². The second kappa shape index (κ2) is 9.78. The summed E-state index contributed by atoms with van der Waals surface area (Å²) in [5.41, 5.74) is 1.36. The molecule has 0 aliphatic rings. The van der Waals surface area contributed by atoms with Crippen molar-refractivity contribution in [1.29, 1.82) is 0 Å². The van der Waals surface area contributed by atoms with E-state index >= 15 is 0 Å². The van der Waals surface area contributed by atoms with Gasteiger partial charge < -0.3 is 19.1 Å². The molecular weight excluding hydrogens is 382 g/mol. The molecule has 0 spiro atoms. The summed E-state index contributed by atoms with van der Waals surface area (Å²) in [5, 5.41) is 1.53. The van der Waals surface area contributed by atoms with Gasteiger partial charge in [-0.1, -0.05) is 36.4 Å². The van der Waals surface area contributed by atoms with Crippen LogP contribution in [0.15, 0.2) is 60.7 Å². The molecule has 0 unspecified atom stereocenters. The van der Waals surface area contributed by atoms with Gasteiger partial charge in [0.05, 0.1) is 19.3 Å². The van der Waals surface area contributed by atoms with Gasteiger partial charge >= 0.3 is 5.97 Å². The smallest absolute Gasteiger partial charge is 0.339 e. The molecule has 0 heterocycles. The molecule has 6 heteroatoms. The first-order valence-electron chi connectivity index (χ1n) is 9.72. The summed E-state index contributed by atoms with van der Waals surface area (Å²) < 4.78 is 16.1. The standard InChI is InChI=1S/C24H25NO5/c1-4-29-18-11-9-17(10-12-18)15-25(2)23(26)16-30-24(27)21-13-14-22(28-3)20-8-6-5-7-19(20)21/h5-14H,4,15-16H2,1-3H3. The molecule has 0 aliphatic carbocycles. The lowest BCUT2D eigenvalue weighted by atomic mass is 10.0. The van der Waals surface area contributed by atoms with Gasteiger partial charge in [-0.15, -0.1) is 0 Å². The number of hydrogen-bond donors (Lipinski definition) is 0. The van der Waals surface area contributed by atoms with Gasteiger partial charge in [-0.3, -0.25) is 4.79 Å². The van der Waals surface area contributed by atoms with E-state index in [0.29, 0.717) is 24.5 Å². The highest BCUT2D eigenvalue weighted by Gasteiger charge is 2.17. The fourth-order valence-corrected chi connectivity index (χ4v) is 3.16. The maximum Gasteiger partial charge on any atom is 0.339 e. The van der Waals surface area contributed by atoms with Gasteiger partial charge in [-0.2, -0.15) is 0 Å². The molecule has 0 bridgehead atoms. The zero-order valence-corrected chi connectivity index (χ0v) is 17.4. The lowest BCUT2D eigenvalue weighted by Crippen LogP contribution is -2.30. The maximum atomic E-state index is 12.6. The number of nitrogens with zero attached hydrogens (tertiary/aromatic N) is 1. The minimum Gasteiger partial charge on any atom is -0.496 e. The van der Waals surface area contributed by atoms with Gasteiger partial charge in [-0.25, -0.2) is 4.79 Å². The van der Waals surface area contributed by atoms with E-state index < -0.39 is 5.97 Å². The number of ether oxygens (including phenoxy) is 3. The number of amides is 1. The van der Waals surface area contributed by atoms with E-state index in [4.69, 9.17) is 14.2 Å². The maximum absolute atomic E-state index is 12.6. The molecule has 0 aromatic heterocycles. The molecule has 0 atom stereocenters. The number of methoxy groups -OCH3 is 1. The van der Waals surface area contributed by atoms with E-state index in [-0.39, 0.29) is 12.5 Å². The first kappa shape index (κ1) is 21.2. The summed E-state index contributed by atoms with van der Waals surface area (Å²) in [7, 11) is 3.26. The number of benzene rings is 3. The fourth-order valence-electron chi connectivity index (χ4n) is 3.16. The Morgan fingerprint density at radius 1 is 0.933 bits per heavy atom. The zero-order valence-electron chi connectivity index (χ0n) is 17.4. The van der Waals surface area contributed by atoms with Gasteiger partial charge in [-0.05, 0) is 42.1 Å². The zero-order chi connectivity index (χ0) is 21.5. The van der Waals surface area contributed by atoms with E-state index in [2.05, 4.69) is 0 Å². The van der Waals surface area contributed by atoms with Crippen LogP contribution in [0.25, 0.3) is 10.8 Å². The van der Waals surface area contributed by atoms with Crippen molar-refractivity contribution in [2.75, 3.05) is 27.4 Å². The van der Waals surface area contributed by atoms with Crippen LogP contribution >= 0.6 is 0 Å². The van der Waals surface area contributed by atoms with Crippen LogP contribution in [0.5, 0.6) is 11.5 Å². The van der Waals surface area contributed by atoms with Crippen molar-refractivity contribution in [1.82, 2.24) is 4.90 Å². The third-order valence-corrected chi connectivity index (χ3v) is 4.73. The summed E-state index contributed by atoms with van der Waals surface area (Å²) in [5.74, 6) is 0.635. The lowest BCUT2D eigenvalue weighted by molar-refractivity contribution is -0.133. The van der Waals surface area contributed by atoms with E-state index in [9.17, 15) is 9.59 Å². The van der Waals surface area contributed by atoms with Crippen molar-refractivity contribution in [2.45, 2.75) is 13.5 Å². The Kier molecular flexibility index (Phi) is 6.91. The number of carbonyl (C=O) groups is 2. The highest BCUT2D eigenvalue weighted by Crippen LogP contribution is 2.28. The van der Waals surface area contributed by atoms with Crippen molar-refractivity contribution in [2.24, 2.45) is 0 Å². The van der Waals surface area contributed by atoms with Crippen molar-refractivity contribution in [3.8, 4) is 11.5 Å². The topological polar surface area (TPSA) is 65.1 Å². The second-order valence-electron chi connectivity index (χ2n) is 6.76. The van der Waals surface area contributed by atoms with E-state index in [1.54, 1.807) is 26.3 Å². The molecule has 0 saturated heterocycles. The predicted molar refractivity (Wildman–Crippen MR) is 115 cm³/mol. The molecule has 156 valence electrons. The van der Waals surface area contributed by atoms with Crippen molar-refractivity contribution in [3.05, 3.63) is 71.8 Å². The molecule has 1 amide bonds. The fraction of sp³-hybridized carbons (Fsp3) is 0.250. The van der Waals surface area contributed by atoms with E-state index in [1.807, 2.05) is 55.5 Å². The van der Waals surface area contributed by atoms with Crippen molar-refractivity contribution in [3.63, 3.8) is 0 Å². The average molecular weight is 407 g/mol. The number of fused-ring (bicyclic) bond motifs is 1. The lowest BCUT2D eigenvalue weighted by Gasteiger charge is -2.18. The number of hydrogen-bond acceptors (Lipinski definition) is 5. The third-order valence-electron chi connectivity index (χ3n) is 4.73. The first-order valence-corrected chi connectivity index (χ1v) is 9.72. The highest BCUT2D eigenvalue weighted by molar-refractivity contribution is 6.06. The Morgan fingerprint density at radius 2 is 1.63 bits per heavy atom. The Balaban J connectivity index is 1.61. The van der Waals surface area contributed by atoms with E-state index in [0.717, 1.165) is 22.1 Å². The molecule has 30 heavy (non-hydrogen) atoms. The first-order chi connectivity index (χ1) is 14.5. The van der Waals surface area contributed by atoms with Crippen molar-refractivity contribution >= 4 is 22.6 Å². The number of rotatable bonds is 8. The van der Waals surface area contributed by atoms with Crippen LogP contribution in [0.2, 0.25) is 0 Å².